The van der Waals surface area contributed by atoms with Gasteiger partial charge in [-0.05, 0) is 35.6 Å². The maximum Gasteiger partial charge on any atom is 0.123 e. The first-order chi connectivity index (χ1) is 9.79. The van der Waals surface area contributed by atoms with Crippen LogP contribution < -0.4 is 5.73 Å². The summed E-state index contributed by atoms with van der Waals surface area (Å²) in [7, 11) is 0. The van der Waals surface area contributed by atoms with Crippen LogP contribution in [0, 0.1) is 0 Å². The molecule has 3 nitrogen and oxygen atoms in total. The highest BCUT2D eigenvalue weighted by Crippen LogP contribution is 2.30. The first kappa shape index (κ1) is 15.3. The second-order valence-corrected chi connectivity index (χ2v) is 4.88. The van der Waals surface area contributed by atoms with Gasteiger partial charge in [0.15, 0.2) is 0 Å². The van der Waals surface area contributed by atoms with Gasteiger partial charge >= 0.3 is 0 Å². The van der Waals surface area contributed by atoms with Gasteiger partial charge in [-0.25, -0.2) is 4.98 Å². The molecule has 21 heavy (non-hydrogen) atoms. The average molecular weight is 300 g/mol. The molecule has 2 heterocycles. The lowest BCUT2D eigenvalue weighted by atomic mass is 9.97. The van der Waals surface area contributed by atoms with Gasteiger partial charge in [-0.3, -0.25) is 4.98 Å². The smallest absolute Gasteiger partial charge is 0.123 e. The van der Waals surface area contributed by atoms with E-state index in [1.54, 1.807) is 0 Å². The molecule has 0 aliphatic heterocycles. The fraction of sp³-hybridized carbons (Fsp3) is 0.176. The number of nitrogens with zero attached hydrogens (tertiary/aromatic N) is 2. The van der Waals surface area contributed by atoms with Crippen molar-refractivity contribution in [2.45, 2.75) is 19.8 Å². The zero-order chi connectivity index (χ0) is 13.9. The maximum absolute atomic E-state index is 5.83. The van der Waals surface area contributed by atoms with Crippen LogP contribution in [0.1, 0.15) is 19.0 Å². The van der Waals surface area contributed by atoms with Crippen molar-refractivity contribution < 1.29 is 0 Å². The van der Waals surface area contributed by atoms with Gasteiger partial charge in [0.05, 0.1) is 5.69 Å². The van der Waals surface area contributed by atoms with Gasteiger partial charge in [0.2, 0.25) is 0 Å². The first-order valence-electron chi connectivity index (χ1n) is 6.88. The second-order valence-electron chi connectivity index (χ2n) is 4.88. The molecule has 0 radical (unpaired) electrons. The van der Waals surface area contributed by atoms with Crippen LogP contribution in [0.15, 0.2) is 48.8 Å². The Balaban J connectivity index is 0.00000161. The van der Waals surface area contributed by atoms with Crippen LogP contribution in [0.4, 0.5) is 5.82 Å². The maximum atomic E-state index is 5.83. The fourth-order valence-corrected chi connectivity index (χ4v) is 2.54. The number of nitrogens with two attached hydrogens (primary N) is 1. The number of halogens is 1. The summed E-state index contributed by atoms with van der Waals surface area (Å²) in [6.45, 7) is 2.15. The highest BCUT2D eigenvalue weighted by Gasteiger charge is 2.10. The molecule has 3 rings (SSSR count). The van der Waals surface area contributed by atoms with Crippen LogP contribution in [0.3, 0.4) is 0 Å². The number of hydrogen-bond acceptors (Lipinski definition) is 3. The number of pyridine rings is 2. The van der Waals surface area contributed by atoms with Crippen LogP contribution in [0.5, 0.6) is 0 Å². The van der Waals surface area contributed by atoms with Crippen LogP contribution in [-0.2, 0) is 6.42 Å². The third-order valence-electron chi connectivity index (χ3n) is 3.46. The van der Waals surface area contributed by atoms with Crippen molar-refractivity contribution in [3.63, 3.8) is 0 Å². The lowest BCUT2D eigenvalue weighted by Crippen LogP contribution is -1.99. The lowest BCUT2D eigenvalue weighted by Gasteiger charge is -2.11. The lowest BCUT2D eigenvalue weighted by molar-refractivity contribution is 0.887. The predicted molar refractivity (Wildman–Crippen MR) is 90.6 cm³/mol. The van der Waals surface area contributed by atoms with E-state index < -0.39 is 0 Å². The first-order valence-corrected chi connectivity index (χ1v) is 6.88. The second kappa shape index (κ2) is 6.55. The van der Waals surface area contributed by atoms with E-state index in [4.69, 9.17) is 5.73 Å². The molecule has 3 aromatic rings. The Labute approximate surface area is 130 Å². The SMILES string of the molecule is CCCc1nc(N)ccc1-c1cccc2ccncc12.Cl. The van der Waals surface area contributed by atoms with E-state index in [1.807, 2.05) is 24.5 Å². The van der Waals surface area contributed by atoms with E-state index >= 15 is 0 Å². The summed E-state index contributed by atoms with van der Waals surface area (Å²) in [6, 6.07) is 12.3. The molecule has 108 valence electrons. The summed E-state index contributed by atoms with van der Waals surface area (Å²) in [5.41, 5.74) is 9.21. The van der Waals surface area contributed by atoms with E-state index in [0.29, 0.717) is 5.82 Å². The summed E-state index contributed by atoms with van der Waals surface area (Å²) < 4.78 is 0. The molecule has 0 aliphatic carbocycles. The minimum atomic E-state index is 0. The van der Waals surface area contributed by atoms with E-state index in [0.717, 1.165) is 29.5 Å². The van der Waals surface area contributed by atoms with Crippen molar-refractivity contribution in [2.75, 3.05) is 5.73 Å². The highest BCUT2D eigenvalue weighted by atomic mass is 35.5. The van der Waals surface area contributed by atoms with E-state index in [9.17, 15) is 0 Å². The number of benzene rings is 1. The number of hydrogen-bond donors (Lipinski definition) is 1. The van der Waals surface area contributed by atoms with Crippen molar-refractivity contribution in [1.82, 2.24) is 9.97 Å². The molecule has 2 aromatic heterocycles. The van der Waals surface area contributed by atoms with E-state index in [2.05, 4.69) is 41.2 Å². The Kier molecular flexibility index (Phi) is 4.76. The van der Waals surface area contributed by atoms with Crippen LogP contribution >= 0.6 is 12.4 Å². The number of nitrogen functional groups attached to an aromatic ring is 1. The normalized spacial score (nSPS) is 10.3. The molecule has 4 heteroatoms. The van der Waals surface area contributed by atoms with Gasteiger partial charge in [0.25, 0.3) is 0 Å². The number of fused-ring (bicyclic) bond motifs is 1. The molecular weight excluding hydrogens is 282 g/mol. The Bertz CT molecular complexity index is 751. The molecule has 2 N–H and O–H groups in total. The molecule has 0 aliphatic rings. The number of aromatic nitrogens is 2. The average Bonchev–Trinajstić information content (AvgIpc) is 2.47. The van der Waals surface area contributed by atoms with Crippen LogP contribution in [-0.4, -0.2) is 9.97 Å². The van der Waals surface area contributed by atoms with E-state index in [1.165, 1.54) is 10.9 Å². The van der Waals surface area contributed by atoms with E-state index in [-0.39, 0.29) is 12.4 Å². The molecule has 0 fully saturated rings. The van der Waals surface area contributed by atoms with Gasteiger partial charge in [-0.1, -0.05) is 31.5 Å². The van der Waals surface area contributed by atoms with Gasteiger partial charge in [-0.15, -0.1) is 12.4 Å². The summed E-state index contributed by atoms with van der Waals surface area (Å²) in [4.78, 5) is 8.75. The van der Waals surface area contributed by atoms with Gasteiger partial charge in [-0.2, -0.15) is 0 Å². The molecule has 0 spiro atoms. The van der Waals surface area contributed by atoms with Gasteiger partial charge in [0, 0.05) is 23.3 Å². The molecule has 0 amide bonds. The highest BCUT2D eigenvalue weighted by molar-refractivity contribution is 5.96. The quantitative estimate of drug-likeness (QED) is 0.786. The summed E-state index contributed by atoms with van der Waals surface area (Å²) in [5.74, 6) is 0.579. The molecule has 0 saturated heterocycles. The molecule has 1 aromatic carbocycles. The predicted octanol–water partition coefficient (Wildman–Crippen LogP) is 4.25. The molecule has 0 atom stereocenters. The largest absolute Gasteiger partial charge is 0.384 e. The van der Waals surface area contributed by atoms with Crippen molar-refractivity contribution in [1.29, 1.82) is 0 Å². The summed E-state index contributed by atoms with van der Waals surface area (Å²) >= 11 is 0. The monoisotopic (exact) mass is 299 g/mol. The van der Waals surface area contributed by atoms with Gasteiger partial charge < -0.3 is 5.73 Å². The molecule has 0 bridgehead atoms. The Hall–Kier alpha value is -2.13. The number of aryl methyl sites for hydroxylation is 1. The minimum Gasteiger partial charge on any atom is -0.384 e. The topological polar surface area (TPSA) is 51.8 Å². The third-order valence-corrected chi connectivity index (χ3v) is 3.46. The third kappa shape index (κ3) is 2.98. The number of rotatable bonds is 3. The van der Waals surface area contributed by atoms with Gasteiger partial charge in [0.1, 0.15) is 5.82 Å². The Morgan fingerprint density at radius 2 is 1.90 bits per heavy atom. The fourth-order valence-electron chi connectivity index (χ4n) is 2.54. The Morgan fingerprint density at radius 3 is 2.71 bits per heavy atom. The van der Waals surface area contributed by atoms with Crippen molar-refractivity contribution in [3.05, 3.63) is 54.5 Å². The standard InChI is InChI=1S/C17H17N3.ClH/c1-2-4-16-14(7-8-17(18)20-16)13-6-3-5-12-9-10-19-11-15(12)13;/h3,5-11H,2,4H2,1H3,(H2,18,20);1H. The zero-order valence-corrected chi connectivity index (χ0v) is 12.7. The minimum absolute atomic E-state index is 0. The van der Waals surface area contributed by atoms with Crippen molar-refractivity contribution in [3.8, 4) is 11.1 Å². The summed E-state index contributed by atoms with van der Waals surface area (Å²) in [6.07, 6.45) is 5.71. The van der Waals surface area contributed by atoms with Crippen LogP contribution in [0.25, 0.3) is 21.9 Å². The van der Waals surface area contributed by atoms with Crippen molar-refractivity contribution >= 4 is 29.0 Å². The summed E-state index contributed by atoms with van der Waals surface area (Å²) in [5, 5.41) is 2.34. The molecule has 0 unspecified atom stereocenters. The van der Waals surface area contributed by atoms with Crippen molar-refractivity contribution in [2.24, 2.45) is 0 Å². The zero-order valence-electron chi connectivity index (χ0n) is 11.9. The Morgan fingerprint density at radius 1 is 1.05 bits per heavy atom. The number of anilines is 1. The van der Waals surface area contributed by atoms with Crippen LogP contribution in [0.2, 0.25) is 0 Å². The molecule has 0 saturated carbocycles. The molecular formula is C17H18ClN3.